The standard InChI is InChI=1S/C23H26N4O2/c1-16-7-5-6-10-19(16)17-13-21-20(22(14-17)27-28)15-25-23(26-21)24-11-12-29-18-8-3-2-4-9-18/h2-10,17,28H,11-15H2,1H3,(H2,24,25,26)/b27-22+. The van der Waals surface area contributed by atoms with Gasteiger partial charge < -0.3 is 20.6 Å². The van der Waals surface area contributed by atoms with Crippen molar-refractivity contribution in [3.05, 3.63) is 77.0 Å². The monoisotopic (exact) mass is 390 g/mol. The number of benzene rings is 2. The molecule has 1 aliphatic carbocycles. The summed E-state index contributed by atoms with van der Waals surface area (Å²) in [6.45, 7) is 3.93. The number of ether oxygens (including phenoxy) is 1. The Balaban J connectivity index is 1.42. The summed E-state index contributed by atoms with van der Waals surface area (Å²) in [6.07, 6.45) is 1.57. The summed E-state index contributed by atoms with van der Waals surface area (Å²) >= 11 is 0. The molecule has 2 aliphatic rings. The first-order valence-electron chi connectivity index (χ1n) is 9.97. The molecule has 1 heterocycles. The molecule has 3 N–H and O–H groups in total. The van der Waals surface area contributed by atoms with Crippen molar-refractivity contribution in [3.8, 4) is 5.75 Å². The molecule has 0 fully saturated rings. The van der Waals surface area contributed by atoms with E-state index in [9.17, 15) is 5.21 Å². The van der Waals surface area contributed by atoms with Crippen molar-refractivity contribution in [1.82, 2.24) is 10.6 Å². The van der Waals surface area contributed by atoms with Crippen molar-refractivity contribution in [1.29, 1.82) is 0 Å². The van der Waals surface area contributed by atoms with Crippen molar-refractivity contribution in [2.75, 3.05) is 19.7 Å². The highest BCUT2D eigenvalue weighted by molar-refractivity contribution is 6.04. The van der Waals surface area contributed by atoms with Gasteiger partial charge in [0.2, 0.25) is 0 Å². The Hall–Kier alpha value is -3.28. The van der Waals surface area contributed by atoms with Crippen molar-refractivity contribution in [3.63, 3.8) is 0 Å². The van der Waals surface area contributed by atoms with Crippen LogP contribution < -0.4 is 15.4 Å². The predicted octanol–water partition coefficient (Wildman–Crippen LogP) is 3.58. The van der Waals surface area contributed by atoms with Crippen molar-refractivity contribution >= 4 is 11.7 Å². The van der Waals surface area contributed by atoms with Crippen LogP contribution in [-0.4, -0.2) is 36.6 Å². The molecule has 29 heavy (non-hydrogen) atoms. The maximum Gasteiger partial charge on any atom is 0.196 e. The zero-order valence-corrected chi connectivity index (χ0v) is 16.6. The lowest BCUT2D eigenvalue weighted by molar-refractivity contribution is 0.316. The first-order chi connectivity index (χ1) is 14.2. The Morgan fingerprint density at radius 1 is 1.14 bits per heavy atom. The van der Waals surface area contributed by atoms with Gasteiger partial charge in [0.25, 0.3) is 0 Å². The minimum absolute atomic E-state index is 0.269. The number of nitrogens with one attached hydrogen (secondary N) is 2. The SMILES string of the molecule is Cc1ccccc1C1CC2=C(CNC(NCCOc3ccccc3)=N2)/C(=N/O)C1. The average molecular weight is 390 g/mol. The summed E-state index contributed by atoms with van der Waals surface area (Å²) in [6, 6.07) is 18.2. The van der Waals surface area contributed by atoms with Crippen LogP contribution in [0.15, 0.2) is 76.0 Å². The molecule has 0 saturated heterocycles. The molecule has 0 aromatic heterocycles. The summed E-state index contributed by atoms with van der Waals surface area (Å²) in [4.78, 5) is 4.78. The van der Waals surface area contributed by atoms with Gasteiger partial charge in [-0.15, -0.1) is 0 Å². The Morgan fingerprint density at radius 3 is 2.72 bits per heavy atom. The van der Waals surface area contributed by atoms with E-state index < -0.39 is 0 Å². The van der Waals surface area contributed by atoms with E-state index in [1.807, 2.05) is 30.3 Å². The quantitative estimate of drug-likeness (QED) is 0.414. The van der Waals surface area contributed by atoms with Crippen LogP contribution in [0, 0.1) is 6.92 Å². The maximum atomic E-state index is 9.56. The molecule has 0 amide bonds. The lowest BCUT2D eigenvalue weighted by atomic mass is 9.80. The fourth-order valence-corrected chi connectivity index (χ4v) is 3.94. The zero-order valence-electron chi connectivity index (χ0n) is 16.6. The third-order valence-corrected chi connectivity index (χ3v) is 5.41. The third-order valence-electron chi connectivity index (χ3n) is 5.41. The summed E-state index contributed by atoms with van der Waals surface area (Å²) < 4.78 is 5.72. The van der Waals surface area contributed by atoms with E-state index in [0.717, 1.165) is 41.5 Å². The number of aliphatic imine (C=N–C) groups is 1. The second-order valence-corrected chi connectivity index (χ2v) is 7.34. The number of guanidine groups is 1. The summed E-state index contributed by atoms with van der Waals surface area (Å²) in [7, 11) is 0. The van der Waals surface area contributed by atoms with Crippen LogP contribution in [0.1, 0.15) is 29.9 Å². The molecule has 0 saturated carbocycles. The zero-order chi connectivity index (χ0) is 20.1. The Labute approximate surface area is 171 Å². The summed E-state index contributed by atoms with van der Waals surface area (Å²) in [5, 5.41) is 19.7. The Morgan fingerprint density at radius 2 is 1.93 bits per heavy atom. The fourth-order valence-electron chi connectivity index (χ4n) is 3.94. The number of para-hydroxylation sites is 1. The lowest BCUT2D eigenvalue weighted by Crippen LogP contribution is -2.44. The number of oxime groups is 1. The van der Waals surface area contributed by atoms with Crippen LogP contribution in [0.4, 0.5) is 0 Å². The molecule has 4 rings (SSSR count). The lowest BCUT2D eigenvalue weighted by Gasteiger charge is -2.30. The number of rotatable bonds is 5. The van der Waals surface area contributed by atoms with Gasteiger partial charge in [-0.25, -0.2) is 4.99 Å². The highest BCUT2D eigenvalue weighted by Gasteiger charge is 2.30. The number of hydrogen-bond donors (Lipinski definition) is 3. The molecule has 1 aliphatic heterocycles. The molecule has 150 valence electrons. The van der Waals surface area contributed by atoms with E-state index in [1.165, 1.54) is 11.1 Å². The van der Waals surface area contributed by atoms with E-state index in [2.05, 4.69) is 47.0 Å². The highest BCUT2D eigenvalue weighted by atomic mass is 16.5. The molecular formula is C23H26N4O2. The van der Waals surface area contributed by atoms with Crippen molar-refractivity contribution in [2.45, 2.75) is 25.7 Å². The van der Waals surface area contributed by atoms with E-state index >= 15 is 0 Å². The van der Waals surface area contributed by atoms with Gasteiger partial charge in [-0.1, -0.05) is 47.6 Å². The molecule has 0 spiro atoms. The molecule has 1 atom stereocenters. The minimum Gasteiger partial charge on any atom is -0.492 e. The van der Waals surface area contributed by atoms with Crippen LogP contribution in [0.5, 0.6) is 5.75 Å². The van der Waals surface area contributed by atoms with Crippen LogP contribution in [-0.2, 0) is 0 Å². The van der Waals surface area contributed by atoms with Gasteiger partial charge in [0, 0.05) is 18.5 Å². The van der Waals surface area contributed by atoms with Crippen LogP contribution in [0.3, 0.4) is 0 Å². The van der Waals surface area contributed by atoms with Crippen molar-refractivity contribution in [2.24, 2.45) is 10.1 Å². The molecule has 0 radical (unpaired) electrons. The summed E-state index contributed by atoms with van der Waals surface area (Å²) in [5.74, 6) is 1.86. The van der Waals surface area contributed by atoms with Gasteiger partial charge in [-0.05, 0) is 42.5 Å². The molecule has 1 unspecified atom stereocenters. The largest absolute Gasteiger partial charge is 0.492 e. The Bertz CT molecular complexity index is 950. The fraction of sp³-hybridized carbons (Fsp3) is 0.304. The number of aryl methyl sites for hydroxylation is 1. The van der Waals surface area contributed by atoms with Gasteiger partial charge in [-0.2, -0.15) is 0 Å². The first-order valence-corrected chi connectivity index (χ1v) is 9.97. The van der Waals surface area contributed by atoms with E-state index in [1.54, 1.807) is 0 Å². The smallest absolute Gasteiger partial charge is 0.196 e. The molecule has 2 aromatic carbocycles. The maximum absolute atomic E-state index is 9.56. The van der Waals surface area contributed by atoms with Gasteiger partial charge in [0.15, 0.2) is 5.96 Å². The topological polar surface area (TPSA) is 78.2 Å². The van der Waals surface area contributed by atoms with Crippen LogP contribution in [0.2, 0.25) is 0 Å². The number of nitrogens with zero attached hydrogens (tertiary/aromatic N) is 2. The highest BCUT2D eigenvalue weighted by Crippen LogP contribution is 2.37. The number of allylic oxidation sites excluding steroid dienone is 1. The molecule has 6 heteroatoms. The van der Waals surface area contributed by atoms with Crippen LogP contribution in [0.25, 0.3) is 0 Å². The third kappa shape index (κ3) is 4.42. The van der Waals surface area contributed by atoms with Crippen LogP contribution >= 0.6 is 0 Å². The Kier molecular flexibility index (Phi) is 5.79. The number of hydrogen-bond acceptors (Lipinski definition) is 6. The molecular weight excluding hydrogens is 364 g/mol. The van der Waals surface area contributed by atoms with Gasteiger partial charge in [0.1, 0.15) is 12.4 Å². The second-order valence-electron chi connectivity index (χ2n) is 7.34. The van der Waals surface area contributed by atoms with E-state index in [0.29, 0.717) is 19.7 Å². The first kappa shape index (κ1) is 19.1. The van der Waals surface area contributed by atoms with Crippen molar-refractivity contribution < 1.29 is 9.94 Å². The average Bonchev–Trinajstić information content (AvgIpc) is 2.77. The molecule has 0 bridgehead atoms. The van der Waals surface area contributed by atoms with Gasteiger partial charge in [0.05, 0.1) is 18.0 Å². The molecule has 2 aromatic rings. The summed E-state index contributed by atoms with van der Waals surface area (Å²) in [5.41, 5.74) is 5.26. The minimum atomic E-state index is 0.269. The van der Waals surface area contributed by atoms with Gasteiger partial charge in [-0.3, -0.25) is 0 Å². The normalized spacial score (nSPS) is 20.0. The van der Waals surface area contributed by atoms with E-state index in [4.69, 9.17) is 9.73 Å². The predicted molar refractivity (Wildman–Crippen MR) is 115 cm³/mol. The van der Waals surface area contributed by atoms with Gasteiger partial charge >= 0.3 is 0 Å². The van der Waals surface area contributed by atoms with E-state index in [-0.39, 0.29) is 5.92 Å². The second kappa shape index (κ2) is 8.82. The molecule has 6 nitrogen and oxygen atoms in total.